The highest BCUT2D eigenvalue weighted by molar-refractivity contribution is 8.15. The van der Waals surface area contributed by atoms with Crippen LogP contribution in [0.25, 0.3) is 11.6 Å². The molecular formula is C26H21NO5S. The Morgan fingerprint density at radius 3 is 2.27 bits per heavy atom. The molecule has 0 saturated carbocycles. The Kier molecular flexibility index (Phi) is 6.60. The van der Waals surface area contributed by atoms with E-state index in [-0.39, 0.29) is 16.7 Å². The predicted molar refractivity (Wildman–Crippen MR) is 128 cm³/mol. The summed E-state index contributed by atoms with van der Waals surface area (Å²) in [6.45, 7) is 1.96. The van der Waals surface area contributed by atoms with Gasteiger partial charge in [-0.1, -0.05) is 65.9 Å². The molecule has 0 radical (unpaired) electrons. The molecule has 6 nitrogen and oxygen atoms in total. The number of rotatable bonds is 7. The Bertz CT molecular complexity index is 1230. The maximum absolute atomic E-state index is 11.8. The minimum absolute atomic E-state index is 0.198. The van der Waals surface area contributed by atoms with E-state index in [0.29, 0.717) is 23.5 Å². The lowest BCUT2D eigenvalue weighted by atomic mass is 10.0. The molecule has 1 fully saturated rings. The molecular weight excluding hydrogens is 438 g/mol. The molecule has 0 spiro atoms. The number of hydrogen-bond donors (Lipinski definition) is 2. The Hall–Kier alpha value is -3.84. The van der Waals surface area contributed by atoms with E-state index >= 15 is 0 Å². The number of carboxylic acids is 1. The number of benzene rings is 3. The lowest BCUT2D eigenvalue weighted by Gasteiger charge is -2.09. The van der Waals surface area contributed by atoms with Gasteiger partial charge in [0, 0.05) is 0 Å². The summed E-state index contributed by atoms with van der Waals surface area (Å²) >= 11 is 1.00. The summed E-state index contributed by atoms with van der Waals surface area (Å²) in [7, 11) is 0. The summed E-state index contributed by atoms with van der Waals surface area (Å²) in [5, 5.41) is 11.2. The van der Waals surface area contributed by atoms with Crippen LogP contribution in [0.2, 0.25) is 0 Å². The van der Waals surface area contributed by atoms with E-state index in [1.807, 2.05) is 43.3 Å². The van der Waals surface area contributed by atoms with Crippen LogP contribution in [0.3, 0.4) is 0 Å². The largest absolute Gasteiger partial charge is 0.478 e. The smallest absolute Gasteiger partial charge is 0.336 e. The second-order valence-corrected chi connectivity index (χ2v) is 8.81. The highest BCUT2D eigenvalue weighted by Gasteiger charge is 2.31. The maximum Gasteiger partial charge on any atom is 0.336 e. The van der Waals surface area contributed by atoms with Gasteiger partial charge in [0.25, 0.3) is 5.24 Å². The monoisotopic (exact) mass is 459 g/mol. The zero-order chi connectivity index (χ0) is 23.4. The summed E-state index contributed by atoms with van der Waals surface area (Å²) in [4.78, 5) is 34.8. The average molecular weight is 460 g/mol. The highest BCUT2D eigenvalue weighted by atomic mass is 32.2. The van der Waals surface area contributed by atoms with E-state index in [9.17, 15) is 19.5 Å². The van der Waals surface area contributed by atoms with Crippen LogP contribution in [0.4, 0.5) is 4.79 Å². The summed E-state index contributed by atoms with van der Waals surface area (Å²) in [5.41, 5.74) is 3.58. The topological polar surface area (TPSA) is 92.7 Å². The zero-order valence-corrected chi connectivity index (χ0v) is 18.6. The minimum Gasteiger partial charge on any atom is -0.478 e. The summed E-state index contributed by atoms with van der Waals surface area (Å²) in [6.07, 6.45) is 2.11. The van der Waals surface area contributed by atoms with Gasteiger partial charge in [0.15, 0.2) is 0 Å². The molecule has 2 amide bonds. The number of carbonyl (C=O) groups excluding carboxylic acids is 2. The first kappa shape index (κ1) is 22.4. The van der Waals surface area contributed by atoms with Gasteiger partial charge in [-0.25, -0.2) is 4.79 Å². The van der Waals surface area contributed by atoms with Crippen molar-refractivity contribution < 1.29 is 24.2 Å². The molecule has 1 saturated heterocycles. The van der Waals surface area contributed by atoms with Gasteiger partial charge in [-0.2, -0.15) is 0 Å². The number of amides is 2. The molecule has 3 aromatic rings. The number of ether oxygens (including phenoxy) is 1. The number of carboxylic acid groups (broad SMARTS) is 1. The number of thioether (sulfide) groups is 1. The standard InChI is InChI=1S/C26H21NO5S/c1-16-3-2-4-18(13-16)14-22(25(29)30)19-7-11-21(12-8-19)32-20-9-5-17(6-10-20)15-23-24(28)27-26(31)33-23/h2-14,23H,15H2,1H3,(H,29,30)(H,27,28,31)/b22-14+. The van der Waals surface area contributed by atoms with Gasteiger partial charge in [-0.15, -0.1) is 0 Å². The van der Waals surface area contributed by atoms with Crippen LogP contribution in [0.15, 0.2) is 72.8 Å². The maximum atomic E-state index is 11.8. The van der Waals surface area contributed by atoms with Crippen molar-refractivity contribution in [3.8, 4) is 11.5 Å². The van der Waals surface area contributed by atoms with Gasteiger partial charge in [-0.05, 0) is 60.4 Å². The van der Waals surface area contributed by atoms with Crippen molar-refractivity contribution in [2.45, 2.75) is 18.6 Å². The lowest BCUT2D eigenvalue weighted by molar-refractivity contribution is -0.130. The molecule has 0 bridgehead atoms. The second-order valence-electron chi connectivity index (χ2n) is 7.64. The van der Waals surface area contributed by atoms with Gasteiger partial charge in [0.2, 0.25) is 5.91 Å². The van der Waals surface area contributed by atoms with Gasteiger partial charge in [0.1, 0.15) is 11.5 Å². The molecule has 1 atom stereocenters. The fourth-order valence-corrected chi connectivity index (χ4v) is 4.33. The van der Waals surface area contributed by atoms with E-state index in [4.69, 9.17) is 4.74 Å². The molecule has 33 heavy (non-hydrogen) atoms. The molecule has 1 aliphatic rings. The van der Waals surface area contributed by atoms with E-state index in [2.05, 4.69) is 5.32 Å². The number of nitrogens with one attached hydrogen (secondary N) is 1. The van der Waals surface area contributed by atoms with Crippen LogP contribution in [0.1, 0.15) is 22.3 Å². The number of aliphatic carboxylic acids is 1. The van der Waals surface area contributed by atoms with Crippen molar-refractivity contribution in [3.63, 3.8) is 0 Å². The van der Waals surface area contributed by atoms with E-state index in [1.54, 1.807) is 42.5 Å². The van der Waals surface area contributed by atoms with Gasteiger partial charge >= 0.3 is 5.97 Å². The second kappa shape index (κ2) is 9.75. The van der Waals surface area contributed by atoms with Crippen molar-refractivity contribution >= 4 is 40.5 Å². The SMILES string of the molecule is Cc1cccc(/C=C(/C(=O)O)c2ccc(Oc3ccc(CC4SC(=O)NC4=O)cc3)cc2)c1. The van der Waals surface area contributed by atoms with Crippen LogP contribution in [0, 0.1) is 6.92 Å². The van der Waals surface area contributed by atoms with Crippen LogP contribution in [-0.4, -0.2) is 27.5 Å². The normalized spacial score (nSPS) is 15.9. The third-order valence-electron chi connectivity index (χ3n) is 5.10. The first-order valence-electron chi connectivity index (χ1n) is 10.3. The van der Waals surface area contributed by atoms with Crippen molar-refractivity contribution in [1.29, 1.82) is 0 Å². The third kappa shape index (κ3) is 5.70. The number of carbonyl (C=O) groups is 3. The molecule has 2 N–H and O–H groups in total. The van der Waals surface area contributed by atoms with Crippen molar-refractivity contribution in [2.24, 2.45) is 0 Å². The summed E-state index contributed by atoms with van der Waals surface area (Å²) in [6, 6.07) is 21.8. The first-order chi connectivity index (χ1) is 15.9. The van der Waals surface area contributed by atoms with E-state index < -0.39 is 11.2 Å². The minimum atomic E-state index is -1.00. The van der Waals surface area contributed by atoms with Gasteiger partial charge < -0.3 is 9.84 Å². The highest BCUT2D eigenvalue weighted by Crippen LogP contribution is 2.27. The third-order valence-corrected chi connectivity index (χ3v) is 6.08. The molecule has 166 valence electrons. The summed E-state index contributed by atoms with van der Waals surface area (Å²) < 4.78 is 5.87. The Morgan fingerprint density at radius 2 is 1.70 bits per heavy atom. The number of aryl methyl sites for hydroxylation is 1. The van der Waals surface area contributed by atoms with E-state index in [1.165, 1.54) is 0 Å². The average Bonchev–Trinajstić information content (AvgIpc) is 3.10. The molecule has 1 aliphatic heterocycles. The summed E-state index contributed by atoms with van der Waals surface area (Å²) in [5.74, 6) is -0.0813. The van der Waals surface area contributed by atoms with Crippen LogP contribution in [-0.2, 0) is 16.0 Å². The number of imide groups is 1. The van der Waals surface area contributed by atoms with Crippen molar-refractivity contribution in [2.75, 3.05) is 0 Å². The molecule has 0 aliphatic carbocycles. The molecule has 4 rings (SSSR count). The Morgan fingerprint density at radius 1 is 1.03 bits per heavy atom. The molecule has 7 heteroatoms. The predicted octanol–water partition coefficient (Wildman–Crippen LogP) is 5.31. The van der Waals surface area contributed by atoms with Crippen molar-refractivity contribution in [3.05, 3.63) is 95.1 Å². The van der Waals surface area contributed by atoms with Gasteiger partial charge in [0.05, 0.1) is 10.8 Å². The molecule has 1 heterocycles. The molecule has 0 aromatic heterocycles. The fourth-order valence-electron chi connectivity index (χ4n) is 3.47. The van der Waals surface area contributed by atoms with Crippen LogP contribution in [0.5, 0.6) is 11.5 Å². The Labute approximate surface area is 195 Å². The zero-order valence-electron chi connectivity index (χ0n) is 17.8. The lowest BCUT2D eigenvalue weighted by Crippen LogP contribution is -2.25. The van der Waals surface area contributed by atoms with Crippen LogP contribution < -0.4 is 10.1 Å². The first-order valence-corrected chi connectivity index (χ1v) is 11.2. The quantitative estimate of drug-likeness (QED) is 0.368. The Balaban J connectivity index is 1.44. The van der Waals surface area contributed by atoms with Crippen LogP contribution >= 0.6 is 11.8 Å². The molecule has 3 aromatic carbocycles. The van der Waals surface area contributed by atoms with Gasteiger partial charge in [-0.3, -0.25) is 14.9 Å². The fraction of sp³-hybridized carbons (Fsp3) is 0.115. The molecule has 1 unspecified atom stereocenters. The van der Waals surface area contributed by atoms with E-state index in [0.717, 1.165) is 28.5 Å². The van der Waals surface area contributed by atoms with Crippen molar-refractivity contribution in [1.82, 2.24) is 5.32 Å². The number of hydrogen-bond acceptors (Lipinski definition) is 5.